The second kappa shape index (κ2) is 6.44. The first-order chi connectivity index (χ1) is 10.8. The minimum absolute atomic E-state index is 0.122. The third-order valence-corrected chi connectivity index (χ3v) is 4.04. The van der Waals surface area contributed by atoms with E-state index in [1.54, 1.807) is 12.3 Å². The summed E-state index contributed by atoms with van der Waals surface area (Å²) >= 11 is 0. The number of pyridine rings is 1. The van der Waals surface area contributed by atoms with Crippen molar-refractivity contribution in [1.82, 2.24) is 14.7 Å². The first kappa shape index (κ1) is 14.3. The van der Waals surface area contributed by atoms with Crippen LogP contribution in [0.5, 0.6) is 0 Å². The van der Waals surface area contributed by atoms with Crippen molar-refractivity contribution in [2.75, 3.05) is 0 Å². The fourth-order valence-corrected chi connectivity index (χ4v) is 2.87. The zero-order valence-corrected chi connectivity index (χ0v) is 12.3. The molecule has 0 unspecified atom stereocenters. The Bertz CT molecular complexity index is 747. The van der Waals surface area contributed by atoms with E-state index in [1.165, 1.54) is 6.42 Å². The molecule has 5 nitrogen and oxygen atoms in total. The Morgan fingerprint density at radius 3 is 2.95 bits per heavy atom. The molecule has 2 aromatic heterocycles. The van der Waals surface area contributed by atoms with E-state index in [4.69, 9.17) is 0 Å². The molecule has 1 amide bonds. The molecule has 3 rings (SSSR count). The van der Waals surface area contributed by atoms with Crippen LogP contribution in [0.15, 0.2) is 36.2 Å². The van der Waals surface area contributed by atoms with Gasteiger partial charge >= 0.3 is 0 Å². The fourth-order valence-electron chi connectivity index (χ4n) is 2.87. The number of carbonyl (C=O) groups excluding carboxylic acids is 1. The second-order valence-corrected chi connectivity index (χ2v) is 5.59. The van der Waals surface area contributed by atoms with Gasteiger partial charge in [0.1, 0.15) is 17.3 Å². The molecule has 1 N–H and O–H groups in total. The Kier molecular flexibility index (Phi) is 4.19. The lowest BCUT2D eigenvalue weighted by Gasteiger charge is -2.22. The predicted molar refractivity (Wildman–Crippen MR) is 83.8 cm³/mol. The van der Waals surface area contributed by atoms with Crippen molar-refractivity contribution < 1.29 is 4.79 Å². The number of aromatic nitrogens is 2. The van der Waals surface area contributed by atoms with Crippen LogP contribution < -0.4 is 5.32 Å². The molecule has 5 heteroatoms. The van der Waals surface area contributed by atoms with Crippen molar-refractivity contribution in [3.8, 4) is 6.07 Å². The van der Waals surface area contributed by atoms with Crippen LogP contribution in [0.2, 0.25) is 0 Å². The average Bonchev–Trinajstić information content (AvgIpc) is 2.96. The number of hydrogen-bond acceptors (Lipinski definition) is 3. The molecular formula is C17H18N4O. The maximum atomic E-state index is 12.3. The quantitative estimate of drug-likeness (QED) is 0.699. The standard InChI is InChI=1S/C17H18N4O/c18-11-13(17(22)20-14-6-2-1-3-7-14)10-15-12-19-16-8-4-5-9-21(15)16/h4-5,8-10,12,14H,1-3,6-7H2,(H,20,22)/b13-10-. The van der Waals surface area contributed by atoms with Crippen LogP contribution >= 0.6 is 0 Å². The predicted octanol–water partition coefficient (Wildman–Crippen LogP) is 2.69. The number of nitriles is 1. The van der Waals surface area contributed by atoms with Crippen molar-refractivity contribution in [1.29, 1.82) is 5.26 Å². The van der Waals surface area contributed by atoms with E-state index in [2.05, 4.69) is 10.3 Å². The molecule has 0 aliphatic heterocycles. The van der Waals surface area contributed by atoms with Gasteiger partial charge in [0.05, 0.1) is 11.9 Å². The molecule has 0 atom stereocenters. The van der Waals surface area contributed by atoms with E-state index in [9.17, 15) is 10.1 Å². The minimum atomic E-state index is -0.291. The topological polar surface area (TPSA) is 70.2 Å². The summed E-state index contributed by atoms with van der Waals surface area (Å²) < 4.78 is 1.85. The van der Waals surface area contributed by atoms with Gasteiger partial charge in [0.15, 0.2) is 0 Å². The highest BCUT2D eigenvalue weighted by Crippen LogP contribution is 2.18. The van der Waals surface area contributed by atoms with E-state index in [0.29, 0.717) is 0 Å². The summed E-state index contributed by atoms with van der Waals surface area (Å²) in [4.78, 5) is 16.5. The van der Waals surface area contributed by atoms with Crippen molar-refractivity contribution in [3.63, 3.8) is 0 Å². The molecule has 1 fully saturated rings. The lowest BCUT2D eigenvalue weighted by molar-refractivity contribution is -0.117. The van der Waals surface area contributed by atoms with E-state index >= 15 is 0 Å². The minimum Gasteiger partial charge on any atom is -0.349 e. The molecule has 112 valence electrons. The number of imidazole rings is 1. The molecule has 1 saturated carbocycles. The second-order valence-electron chi connectivity index (χ2n) is 5.59. The summed E-state index contributed by atoms with van der Waals surface area (Å²) in [5, 5.41) is 12.3. The summed E-state index contributed by atoms with van der Waals surface area (Å²) in [5.74, 6) is -0.291. The number of amides is 1. The highest BCUT2D eigenvalue weighted by molar-refractivity contribution is 6.01. The maximum absolute atomic E-state index is 12.3. The van der Waals surface area contributed by atoms with Gasteiger partial charge in [-0.15, -0.1) is 0 Å². The van der Waals surface area contributed by atoms with Crippen LogP contribution in [-0.2, 0) is 4.79 Å². The molecular weight excluding hydrogens is 276 g/mol. The van der Waals surface area contributed by atoms with Crippen LogP contribution in [-0.4, -0.2) is 21.3 Å². The number of carbonyl (C=O) groups is 1. The van der Waals surface area contributed by atoms with Gasteiger partial charge in [0, 0.05) is 12.2 Å². The summed E-state index contributed by atoms with van der Waals surface area (Å²) in [6.45, 7) is 0. The third-order valence-electron chi connectivity index (χ3n) is 4.04. The van der Waals surface area contributed by atoms with Crippen molar-refractivity contribution in [3.05, 3.63) is 41.9 Å². The number of hydrogen-bond donors (Lipinski definition) is 1. The van der Waals surface area contributed by atoms with Gasteiger partial charge in [-0.1, -0.05) is 25.3 Å². The van der Waals surface area contributed by atoms with Crippen LogP contribution in [0, 0.1) is 11.3 Å². The maximum Gasteiger partial charge on any atom is 0.262 e. The van der Waals surface area contributed by atoms with Gasteiger partial charge in [0.25, 0.3) is 5.91 Å². The Morgan fingerprint density at radius 1 is 1.36 bits per heavy atom. The summed E-state index contributed by atoms with van der Waals surface area (Å²) in [5.41, 5.74) is 1.64. The molecule has 0 bridgehead atoms. The Hall–Kier alpha value is -2.61. The number of nitrogens with zero attached hydrogens (tertiary/aromatic N) is 3. The van der Waals surface area contributed by atoms with Gasteiger partial charge in [0.2, 0.25) is 0 Å². The molecule has 0 saturated heterocycles. The highest BCUT2D eigenvalue weighted by Gasteiger charge is 2.18. The van der Waals surface area contributed by atoms with Gasteiger partial charge in [-0.05, 0) is 31.1 Å². The van der Waals surface area contributed by atoms with Gasteiger partial charge in [-0.2, -0.15) is 5.26 Å². The zero-order chi connectivity index (χ0) is 15.4. The van der Waals surface area contributed by atoms with Crippen molar-refractivity contribution in [2.24, 2.45) is 0 Å². The first-order valence-electron chi connectivity index (χ1n) is 7.62. The van der Waals surface area contributed by atoms with E-state index in [0.717, 1.165) is 37.0 Å². The van der Waals surface area contributed by atoms with E-state index in [-0.39, 0.29) is 17.5 Å². The van der Waals surface area contributed by atoms with Crippen LogP contribution in [0.4, 0.5) is 0 Å². The van der Waals surface area contributed by atoms with Crippen LogP contribution in [0.3, 0.4) is 0 Å². The first-order valence-corrected chi connectivity index (χ1v) is 7.62. The number of rotatable bonds is 3. The molecule has 0 spiro atoms. The van der Waals surface area contributed by atoms with Gasteiger partial charge < -0.3 is 9.72 Å². The van der Waals surface area contributed by atoms with Crippen molar-refractivity contribution >= 4 is 17.6 Å². The van der Waals surface area contributed by atoms with E-state index in [1.807, 2.05) is 34.9 Å². The largest absolute Gasteiger partial charge is 0.349 e. The molecule has 0 radical (unpaired) electrons. The normalized spacial score (nSPS) is 16.4. The zero-order valence-electron chi connectivity index (χ0n) is 12.3. The molecule has 1 aliphatic carbocycles. The summed E-state index contributed by atoms with van der Waals surface area (Å²) in [7, 11) is 0. The Balaban J connectivity index is 1.80. The number of nitrogens with one attached hydrogen (secondary N) is 1. The molecule has 22 heavy (non-hydrogen) atoms. The number of fused-ring (bicyclic) bond motifs is 1. The summed E-state index contributed by atoms with van der Waals surface area (Å²) in [6.07, 6.45) is 10.6. The fraction of sp³-hybridized carbons (Fsp3) is 0.353. The van der Waals surface area contributed by atoms with E-state index < -0.39 is 0 Å². The molecule has 2 heterocycles. The van der Waals surface area contributed by atoms with Crippen molar-refractivity contribution in [2.45, 2.75) is 38.1 Å². The average molecular weight is 294 g/mol. The third kappa shape index (κ3) is 3.01. The van der Waals surface area contributed by atoms with Crippen LogP contribution in [0.1, 0.15) is 37.8 Å². The Morgan fingerprint density at radius 2 is 2.18 bits per heavy atom. The van der Waals surface area contributed by atoms with Gasteiger partial charge in [-0.25, -0.2) is 4.98 Å². The molecule has 2 aromatic rings. The Labute approximate surface area is 129 Å². The monoisotopic (exact) mass is 294 g/mol. The lowest BCUT2D eigenvalue weighted by Crippen LogP contribution is -2.36. The highest BCUT2D eigenvalue weighted by atomic mass is 16.1. The summed E-state index contributed by atoms with van der Waals surface area (Å²) in [6, 6.07) is 7.87. The lowest BCUT2D eigenvalue weighted by atomic mass is 9.95. The SMILES string of the molecule is N#C/C(=C/c1cnc2ccccn12)C(=O)NC1CCCCC1. The van der Waals surface area contributed by atoms with Gasteiger partial charge in [-0.3, -0.25) is 4.79 Å². The van der Waals surface area contributed by atoms with Crippen LogP contribution in [0.25, 0.3) is 11.7 Å². The smallest absolute Gasteiger partial charge is 0.262 e. The molecule has 1 aliphatic rings. The molecule has 0 aromatic carbocycles.